The van der Waals surface area contributed by atoms with Crippen molar-refractivity contribution in [3.05, 3.63) is 52.8 Å². The number of nitrogens with one attached hydrogen (secondary N) is 2. The van der Waals surface area contributed by atoms with Crippen LogP contribution in [0.4, 0.5) is 0 Å². The lowest BCUT2D eigenvalue weighted by atomic mass is 9.95. The first-order valence-corrected chi connectivity index (χ1v) is 11.6. The van der Waals surface area contributed by atoms with E-state index < -0.39 is 0 Å². The van der Waals surface area contributed by atoms with Crippen molar-refractivity contribution in [1.29, 1.82) is 0 Å². The number of nitrogens with zero attached hydrogens (tertiary/aromatic N) is 4. The molecule has 1 aliphatic heterocycles. The van der Waals surface area contributed by atoms with Gasteiger partial charge in [0.05, 0.1) is 11.7 Å². The lowest BCUT2D eigenvalue weighted by molar-refractivity contribution is 0.138. The van der Waals surface area contributed by atoms with Crippen LogP contribution < -0.4 is 10.6 Å². The van der Waals surface area contributed by atoms with Crippen LogP contribution in [0.5, 0.6) is 0 Å². The minimum atomic E-state index is 0. The van der Waals surface area contributed by atoms with E-state index in [0.717, 1.165) is 43.6 Å². The van der Waals surface area contributed by atoms with Gasteiger partial charge >= 0.3 is 0 Å². The van der Waals surface area contributed by atoms with E-state index in [1.165, 1.54) is 29.7 Å². The predicted octanol–water partition coefficient (Wildman–Crippen LogP) is 4.22. The normalized spacial score (nSPS) is 17.5. The van der Waals surface area contributed by atoms with Crippen LogP contribution in [0.1, 0.15) is 55.2 Å². The van der Waals surface area contributed by atoms with E-state index in [9.17, 15) is 0 Å². The monoisotopic (exact) mass is 552 g/mol. The van der Waals surface area contributed by atoms with E-state index in [0.29, 0.717) is 6.04 Å². The molecule has 1 aromatic carbocycles. The molecule has 32 heavy (non-hydrogen) atoms. The molecule has 2 unspecified atom stereocenters. The van der Waals surface area contributed by atoms with Crippen molar-refractivity contribution in [2.45, 2.75) is 59.0 Å². The number of benzene rings is 1. The summed E-state index contributed by atoms with van der Waals surface area (Å²) >= 11 is 0. The highest BCUT2D eigenvalue weighted by Gasteiger charge is 2.25. The molecule has 6 nitrogen and oxygen atoms in total. The summed E-state index contributed by atoms with van der Waals surface area (Å²) in [6.45, 7) is 12.0. The van der Waals surface area contributed by atoms with Gasteiger partial charge in [-0.15, -0.1) is 24.0 Å². The van der Waals surface area contributed by atoms with E-state index in [-0.39, 0.29) is 30.0 Å². The molecule has 178 valence electrons. The first-order chi connectivity index (χ1) is 14.9. The summed E-state index contributed by atoms with van der Waals surface area (Å²) in [5, 5.41) is 11.7. The molecule has 1 aliphatic rings. The molecule has 1 fully saturated rings. The Kier molecular flexibility index (Phi) is 10.5. The molecule has 0 bridgehead atoms. The number of halogens is 1. The first kappa shape index (κ1) is 26.6. The van der Waals surface area contributed by atoms with Gasteiger partial charge in [-0.1, -0.05) is 37.3 Å². The Morgan fingerprint density at radius 1 is 1.19 bits per heavy atom. The van der Waals surface area contributed by atoms with Gasteiger partial charge in [0.2, 0.25) is 0 Å². The highest BCUT2D eigenvalue weighted by molar-refractivity contribution is 14.0. The van der Waals surface area contributed by atoms with E-state index in [1.54, 1.807) is 0 Å². The molecular weight excluding hydrogens is 511 g/mol. The number of hydrogen-bond donors (Lipinski definition) is 2. The maximum atomic E-state index is 4.55. The molecule has 2 aromatic rings. The van der Waals surface area contributed by atoms with Gasteiger partial charge in [0.15, 0.2) is 5.96 Å². The van der Waals surface area contributed by atoms with E-state index in [4.69, 9.17) is 0 Å². The van der Waals surface area contributed by atoms with Crippen molar-refractivity contribution in [3.63, 3.8) is 0 Å². The molecule has 2 atom stereocenters. The number of hydrogen-bond acceptors (Lipinski definition) is 3. The van der Waals surface area contributed by atoms with Crippen molar-refractivity contribution < 1.29 is 0 Å². The van der Waals surface area contributed by atoms with Gasteiger partial charge in [0, 0.05) is 32.4 Å². The summed E-state index contributed by atoms with van der Waals surface area (Å²) in [5.41, 5.74) is 5.04. The highest BCUT2D eigenvalue weighted by Crippen LogP contribution is 2.26. The third kappa shape index (κ3) is 6.94. The topological polar surface area (TPSA) is 57.5 Å². The van der Waals surface area contributed by atoms with Crippen LogP contribution in [-0.2, 0) is 13.5 Å². The smallest absolute Gasteiger partial charge is 0.191 e. The summed E-state index contributed by atoms with van der Waals surface area (Å²) in [7, 11) is 3.86. The van der Waals surface area contributed by atoms with Crippen molar-refractivity contribution >= 4 is 29.9 Å². The maximum absolute atomic E-state index is 4.55. The second-order valence-electron chi connectivity index (χ2n) is 9.12. The summed E-state index contributed by atoms with van der Waals surface area (Å²) in [6.07, 6.45) is 3.48. The number of guanidine groups is 1. The Morgan fingerprint density at radius 2 is 1.84 bits per heavy atom. The summed E-state index contributed by atoms with van der Waals surface area (Å²) in [6, 6.07) is 11.5. The molecule has 0 amide bonds. The zero-order valence-electron chi connectivity index (χ0n) is 20.6. The Hall–Kier alpha value is -1.61. The lowest BCUT2D eigenvalue weighted by Crippen LogP contribution is -2.47. The number of piperidine rings is 1. The highest BCUT2D eigenvalue weighted by atomic mass is 127. The quantitative estimate of drug-likeness (QED) is 0.307. The molecule has 7 heteroatoms. The number of aryl methyl sites for hydroxylation is 2. The standard InChI is InChI=1S/C25H40N6.HI/c1-18-12-14-31(15-13-18)24(22-10-8-7-9-11-22)17-27-25(26-5)28-19(2)16-23-20(3)29-30(6)21(23)4;/h7-11,18-19,24H,12-17H2,1-6H3,(H2,26,27,28);1H. The molecule has 2 heterocycles. The van der Waals surface area contributed by atoms with Crippen LogP contribution in [0, 0.1) is 19.8 Å². The van der Waals surface area contributed by atoms with Crippen molar-refractivity contribution in [1.82, 2.24) is 25.3 Å². The molecule has 0 saturated carbocycles. The molecule has 2 N–H and O–H groups in total. The largest absolute Gasteiger partial charge is 0.354 e. The van der Waals surface area contributed by atoms with Gasteiger partial charge in [-0.3, -0.25) is 14.6 Å². The Balaban J connectivity index is 0.00000363. The second-order valence-corrected chi connectivity index (χ2v) is 9.12. The van der Waals surface area contributed by atoms with Crippen molar-refractivity contribution in [2.24, 2.45) is 18.0 Å². The molecule has 0 radical (unpaired) electrons. The summed E-state index contributed by atoms with van der Waals surface area (Å²) in [5.74, 6) is 1.69. The van der Waals surface area contributed by atoms with Crippen LogP contribution in [0.3, 0.4) is 0 Å². The van der Waals surface area contributed by atoms with E-state index >= 15 is 0 Å². The van der Waals surface area contributed by atoms with Crippen LogP contribution in [0.25, 0.3) is 0 Å². The van der Waals surface area contributed by atoms with Crippen LogP contribution >= 0.6 is 24.0 Å². The molecule has 3 rings (SSSR count). The van der Waals surface area contributed by atoms with Gasteiger partial charge in [0.1, 0.15) is 0 Å². The van der Waals surface area contributed by atoms with Crippen LogP contribution in [-0.4, -0.2) is 53.4 Å². The Labute approximate surface area is 211 Å². The zero-order chi connectivity index (χ0) is 22.4. The Bertz CT molecular complexity index is 855. The van der Waals surface area contributed by atoms with Gasteiger partial charge in [-0.05, 0) is 70.2 Å². The molecule has 1 saturated heterocycles. The fraction of sp³-hybridized carbons (Fsp3) is 0.600. The summed E-state index contributed by atoms with van der Waals surface area (Å²) in [4.78, 5) is 7.12. The predicted molar refractivity (Wildman–Crippen MR) is 145 cm³/mol. The number of likely N-dealkylation sites (tertiary alicyclic amines) is 1. The minimum absolute atomic E-state index is 0. The van der Waals surface area contributed by atoms with Gasteiger partial charge < -0.3 is 10.6 Å². The van der Waals surface area contributed by atoms with Crippen LogP contribution in [0.2, 0.25) is 0 Å². The van der Waals surface area contributed by atoms with Gasteiger partial charge in [-0.2, -0.15) is 5.10 Å². The van der Waals surface area contributed by atoms with E-state index in [1.807, 2.05) is 18.8 Å². The van der Waals surface area contributed by atoms with Crippen LogP contribution in [0.15, 0.2) is 35.3 Å². The number of aromatic nitrogens is 2. The number of rotatable bonds is 7. The van der Waals surface area contributed by atoms with Gasteiger partial charge in [-0.25, -0.2) is 0 Å². The second kappa shape index (κ2) is 12.6. The van der Waals surface area contributed by atoms with E-state index in [2.05, 4.69) is 83.7 Å². The molecular formula is C25H41IN6. The zero-order valence-corrected chi connectivity index (χ0v) is 22.9. The average Bonchev–Trinajstić information content (AvgIpc) is 3.00. The SMILES string of the molecule is CN=C(NCC(c1ccccc1)N1CCC(C)CC1)NC(C)Cc1c(C)nn(C)c1C.I. The molecule has 1 aromatic heterocycles. The fourth-order valence-corrected chi connectivity index (χ4v) is 4.56. The fourth-order valence-electron chi connectivity index (χ4n) is 4.56. The summed E-state index contributed by atoms with van der Waals surface area (Å²) < 4.78 is 1.97. The van der Waals surface area contributed by atoms with Crippen molar-refractivity contribution in [2.75, 3.05) is 26.7 Å². The molecule has 0 spiro atoms. The number of aliphatic imine (C=N–C) groups is 1. The third-order valence-electron chi connectivity index (χ3n) is 6.68. The third-order valence-corrected chi connectivity index (χ3v) is 6.68. The van der Waals surface area contributed by atoms with Gasteiger partial charge in [0.25, 0.3) is 0 Å². The maximum Gasteiger partial charge on any atom is 0.191 e. The Morgan fingerprint density at radius 3 is 2.41 bits per heavy atom. The molecule has 0 aliphatic carbocycles. The first-order valence-electron chi connectivity index (χ1n) is 11.6. The average molecular weight is 553 g/mol. The van der Waals surface area contributed by atoms with Crippen molar-refractivity contribution in [3.8, 4) is 0 Å². The minimum Gasteiger partial charge on any atom is -0.354 e. The lowest BCUT2D eigenvalue weighted by Gasteiger charge is -2.37.